The molecule has 6 nitrogen and oxygen atoms in total. The first-order valence-corrected chi connectivity index (χ1v) is 10.0. The van der Waals surface area contributed by atoms with Crippen LogP contribution in [0.3, 0.4) is 0 Å². The van der Waals surface area contributed by atoms with Crippen molar-refractivity contribution >= 4 is 21.6 Å². The van der Waals surface area contributed by atoms with E-state index in [9.17, 15) is 13.2 Å². The predicted molar refractivity (Wildman–Crippen MR) is 97.3 cm³/mol. The van der Waals surface area contributed by atoms with E-state index < -0.39 is 10.0 Å². The van der Waals surface area contributed by atoms with E-state index in [-0.39, 0.29) is 35.9 Å². The maximum Gasteiger partial charge on any atom is 0.243 e. The van der Waals surface area contributed by atoms with Gasteiger partial charge >= 0.3 is 0 Å². The smallest absolute Gasteiger partial charge is 0.243 e. The average Bonchev–Trinajstić information content (AvgIpc) is 3.02. The SMILES string of the molecule is CC1COC(c2ccccc2)CN1S(=O)(=O)c1ccc2c(c1)CC(=O)N2. The molecule has 2 aliphatic heterocycles. The number of carbonyl (C=O) groups is 1. The van der Waals surface area contributed by atoms with Crippen molar-refractivity contribution in [3.05, 3.63) is 59.7 Å². The molecule has 1 fully saturated rings. The lowest BCUT2D eigenvalue weighted by atomic mass is 10.1. The van der Waals surface area contributed by atoms with Gasteiger partial charge in [0.2, 0.25) is 15.9 Å². The molecular formula is C19H20N2O4S. The Kier molecular flexibility index (Phi) is 4.30. The zero-order chi connectivity index (χ0) is 18.3. The van der Waals surface area contributed by atoms with Crippen molar-refractivity contribution in [2.24, 2.45) is 0 Å². The lowest BCUT2D eigenvalue weighted by Crippen LogP contribution is -2.48. The summed E-state index contributed by atoms with van der Waals surface area (Å²) < 4.78 is 33.8. The van der Waals surface area contributed by atoms with Crippen LogP contribution in [0.5, 0.6) is 0 Å². The zero-order valence-electron chi connectivity index (χ0n) is 14.4. The van der Waals surface area contributed by atoms with Crippen LogP contribution in [0.2, 0.25) is 0 Å². The standard InChI is InChI=1S/C19H20N2O4S/c1-13-12-25-18(14-5-3-2-4-6-14)11-21(13)26(23,24)16-7-8-17-15(9-16)10-19(22)20-17/h2-9,13,18H,10-12H2,1H3,(H,20,22). The van der Waals surface area contributed by atoms with E-state index >= 15 is 0 Å². The number of fused-ring (bicyclic) bond motifs is 1. The van der Waals surface area contributed by atoms with Crippen molar-refractivity contribution in [3.8, 4) is 0 Å². The molecule has 0 aromatic heterocycles. The third-order valence-corrected chi connectivity index (χ3v) is 6.83. The topological polar surface area (TPSA) is 75.7 Å². The number of sulfonamides is 1. The molecule has 2 heterocycles. The van der Waals surface area contributed by atoms with Gasteiger partial charge in [-0.2, -0.15) is 4.31 Å². The number of nitrogens with one attached hydrogen (secondary N) is 1. The quantitative estimate of drug-likeness (QED) is 0.897. The minimum absolute atomic E-state index is 0.113. The zero-order valence-corrected chi connectivity index (χ0v) is 15.2. The Bertz CT molecular complexity index is 943. The number of carbonyl (C=O) groups excluding carboxylic acids is 1. The highest BCUT2D eigenvalue weighted by atomic mass is 32.2. The van der Waals surface area contributed by atoms with Crippen LogP contribution in [0.1, 0.15) is 24.2 Å². The van der Waals surface area contributed by atoms with Crippen molar-refractivity contribution in [1.82, 2.24) is 4.31 Å². The predicted octanol–water partition coefficient (Wildman–Crippen LogP) is 2.33. The molecule has 1 N–H and O–H groups in total. The first-order valence-electron chi connectivity index (χ1n) is 8.56. The minimum atomic E-state index is -3.68. The van der Waals surface area contributed by atoms with Crippen LogP contribution >= 0.6 is 0 Å². The summed E-state index contributed by atoms with van der Waals surface area (Å²) in [6.45, 7) is 2.45. The van der Waals surface area contributed by atoms with E-state index in [2.05, 4.69) is 5.32 Å². The number of hydrogen-bond donors (Lipinski definition) is 1. The van der Waals surface area contributed by atoms with E-state index in [1.807, 2.05) is 37.3 Å². The van der Waals surface area contributed by atoms with Crippen LogP contribution in [0.25, 0.3) is 0 Å². The van der Waals surface area contributed by atoms with Gasteiger partial charge in [0.1, 0.15) is 0 Å². The van der Waals surface area contributed by atoms with E-state index in [4.69, 9.17) is 4.74 Å². The number of morpholine rings is 1. The molecule has 0 saturated carbocycles. The van der Waals surface area contributed by atoms with Crippen LogP contribution in [0.15, 0.2) is 53.4 Å². The van der Waals surface area contributed by atoms with Gasteiger partial charge in [0.25, 0.3) is 0 Å². The molecule has 0 radical (unpaired) electrons. The average molecular weight is 372 g/mol. The number of nitrogens with zero attached hydrogens (tertiary/aromatic N) is 1. The van der Waals surface area contributed by atoms with Crippen LogP contribution in [0, 0.1) is 0 Å². The molecule has 0 bridgehead atoms. The van der Waals surface area contributed by atoms with Gasteiger partial charge in [-0.25, -0.2) is 8.42 Å². The molecule has 4 rings (SSSR count). The Hall–Kier alpha value is -2.22. The van der Waals surface area contributed by atoms with Gasteiger partial charge in [-0.15, -0.1) is 0 Å². The molecule has 1 saturated heterocycles. The number of amides is 1. The molecular weight excluding hydrogens is 352 g/mol. The highest BCUT2D eigenvalue weighted by molar-refractivity contribution is 7.89. The van der Waals surface area contributed by atoms with Crippen molar-refractivity contribution in [2.45, 2.75) is 30.4 Å². The Morgan fingerprint density at radius 1 is 1.15 bits per heavy atom. The highest BCUT2D eigenvalue weighted by Gasteiger charge is 2.36. The summed E-state index contributed by atoms with van der Waals surface area (Å²) in [5.41, 5.74) is 2.37. The summed E-state index contributed by atoms with van der Waals surface area (Å²) in [5, 5.41) is 2.73. The summed E-state index contributed by atoms with van der Waals surface area (Å²) in [6.07, 6.45) is -0.0795. The van der Waals surface area contributed by atoms with E-state index in [1.165, 1.54) is 4.31 Å². The summed E-state index contributed by atoms with van der Waals surface area (Å²) in [6, 6.07) is 14.2. The van der Waals surface area contributed by atoms with Gasteiger partial charge in [0.05, 0.1) is 24.0 Å². The fourth-order valence-corrected chi connectivity index (χ4v) is 5.11. The molecule has 1 amide bonds. The molecule has 136 valence electrons. The lowest BCUT2D eigenvalue weighted by molar-refractivity contribution is -0.115. The fraction of sp³-hybridized carbons (Fsp3) is 0.316. The van der Waals surface area contributed by atoms with Crippen LogP contribution in [0.4, 0.5) is 5.69 Å². The molecule has 2 aliphatic rings. The lowest BCUT2D eigenvalue weighted by Gasteiger charge is -2.37. The van der Waals surface area contributed by atoms with Crippen LogP contribution in [-0.4, -0.2) is 37.8 Å². The maximum absolute atomic E-state index is 13.2. The molecule has 0 aliphatic carbocycles. The number of anilines is 1. The molecule has 26 heavy (non-hydrogen) atoms. The highest BCUT2D eigenvalue weighted by Crippen LogP contribution is 2.32. The van der Waals surface area contributed by atoms with Crippen LogP contribution in [-0.2, 0) is 26.0 Å². The summed E-state index contributed by atoms with van der Waals surface area (Å²) >= 11 is 0. The first-order chi connectivity index (χ1) is 12.4. The molecule has 2 atom stereocenters. The Morgan fingerprint density at radius 2 is 1.92 bits per heavy atom. The molecule has 2 aromatic carbocycles. The van der Waals surface area contributed by atoms with E-state index in [0.717, 1.165) is 11.1 Å². The second kappa shape index (κ2) is 6.50. The van der Waals surface area contributed by atoms with E-state index in [1.54, 1.807) is 18.2 Å². The number of ether oxygens (including phenoxy) is 1. The Balaban J connectivity index is 1.64. The van der Waals surface area contributed by atoms with Crippen molar-refractivity contribution in [2.75, 3.05) is 18.5 Å². The minimum Gasteiger partial charge on any atom is -0.370 e. The number of benzene rings is 2. The normalized spacial score (nSPS) is 23.5. The van der Waals surface area contributed by atoms with E-state index in [0.29, 0.717) is 12.3 Å². The Labute approximate surface area is 152 Å². The van der Waals surface area contributed by atoms with Crippen molar-refractivity contribution < 1.29 is 17.9 Å². The molecule has 2 aromatic rings. The van der Waals surface area contributed by atoms with Gasteiger partial charge in [0, 0.05) is 18.3 Å². The molecule has 2 unspecified atom stereocenters. The summed E-state index contributed by atoms with van der Waals surface area (Å²) in [5.74, 6) is -0.113. The third-order valence-electron chi connectivity index (χ3n) is 4.86. The largest absolute Gasteiger partial charge is 0.370 e. The second-order valence-corrected chi connectivity index (χ2v) is 8.59. The van der Waals surface area contributed by atoms with Crippen LogP contribution < -0.4 is 5.32 Å². The summed E-state index contributed by atoms with van der Waals surface area (Å²) in [4.78, 5) is 11.7. The Morgan fingerprint density at radius 3 is 2.69 bits per heavy atom. The van der Waals surface area contributed by atoms with Crippen molar-refractivity contribution in [3.63, 3.8) is 0 Å². The fourth-order valence-electron chi connectivity index (χ4n) is 3.44. The number of rotatable bonds is 3. The maximum atomic E-state index is 13.2. The first kappa shape index (κ1) is 17.2. The molecule has 0 spiro atoms. The van der Waals surface area contributed by atoms with Gasteiger partial charge < -0.3 is 10.1 Å². The van der Waals surface area contributed by atoms with Gasteiger partial charge in [-0.3, -0.25) is 4.79 Å². The van der Waals surface area contributed by atoms with Gasteiger partial charge in [0.15, 0.2) is 0 Å². The van der Waals surface area contributed by atoms with Crippen molar-refractivity contribution in [1.29, 1.82) is 0 Å². The number of hydrogen-bond acceptors (Lipinski definition) is 4. The monoisotopic (exact) mass is 372 g/mol. The van der Waals surface area contributed by atoms with Gasteiger partial charge in [-0.1, -0.05) is 30.3 Å². The molecule has 7 heteroatoms. The van der Waals surface area contributed by atoms with Gasteiger partial charge in [-0.05, 0) is 36.2 Å². The second-order valence-electron chi connectivity index (χ2n) is 6.70. The summed E-state index contributed by atoms with van der Waals surface area (Å²) in [7, 11) is -3.68. The third kappa shape index (κ3) is 3.02.